The summed E-state index contributed by atoms with van der Waals surface area (Å²) in [5, 5.41) is 27.3. The third kappa shape index (κ3) is 3.98. The summed E-state index contributed by atoms with van der Waals surface area (Å²) in [6, 6.07) is 21.7. The van der Waals surface area contributed by atoms with Crippen molar-refractivity contribution in [3.05, 3.63) is 94.5 Å². The summed E-state index contributed by atoms with van der Waals surface area (Å²) >= 11 is 0. The Bertz CT molecular complexity index is 931. The van der Waals surface area contributed by atoms with E-state index in [1.165, 1.54) is 17.2 Å². The van der Waals surface area contributed by atoms with Gasteiger partial charge in [0, 0.05) is 11.6 Å². The molecule has 29 heavy (non-hydrogen) atoms. The fourth-order valence-electron chi connectivity index (χ4n) is 3.86. The molecule has 0 aliphatic carbocycles. The van der Waals surface area contributed by atoms with Gasteiger partial charge in [-0.15, -0.1) is 0 Å². The Balaban J connectivity index is 1.74. The van der Waals surface area contributed by atoms with Crippen molar-refractivity contribution in [2.45, 2.75) is 32.3 Å². The summed E-state index contributed by atoms with van der Waals surface area (Å²) in [4.78, 5) is 2.25. The van der Waals surface area contributed by atoms with Crippen molar-refractivity contribution in [2.75, 3.05) is 7.05 Å². The minimum Gasteiger partial charge on any atom is -0.508 e. The summed E-state index contributed by atoms with van der Waals surface area (Å²) in [6.45, 7) is 4.16. The van der Waals surface area contributed by atoms with Crippen molar-refractivity contribution < 1.29 is 10.2 Å². The molecule has 1 aliphatic heterocycles. The van der Waals surface area contributed by atoms with Crippen molar-refractivity contribution in [2.24, 2.45) is 0 Å². The monoisotopic (exact) mass is 389 g/mol. The molecule has 4 N–H and O–H groups in total. The topological polar surface area (TPSA) is 67.8 Å². The van der Waals surface area contributed by atoms with Gasteiger partial charge in [-0.05, 0) is 44.2 Å². The number of hydrogen-bond donors (Lipinski definition) is 4. The van der Waals surface area contributed by atoms with Crippen LogP contribution in [0.15, 0.2) is 66.7 Å². The molecule has 1 aliphatic rings. The molecule has 0 aromatic heterocycles. The van der Waals surface area contributed by atoms with Crippen LogP contribution >= 0.6 is 0 Å². The van der Waals surface area contributed by atoms with Gasteiger partial charge in [0.25, 0.3) is 0 Å². The molecule has 1 saturated heterocycles. The maximum Gasteiger partial charge on any atom is 0.125 e. The van der Waals surface area contributed by atoms with Crippen molar-refractivity contribution in [1.82, 2.24) is 15.5 Å². The third-order valence-electron chi connectivity index (χ3n) is 5.57. The van der Waals surface area contributed by atoms with Crippen LogP contribution in [-0.4, -0.2) is 22.2 Å². The quantitative estimate of drug-likeness (QED) is 0.540. The van der Waals surface area contributed by atoms with E-state index in [2.05, 4.69) is 85.0 Å². The number of phenolic OH excluding ortho intramolecular Hbond substituents is 2. The molecule has 0 radical (unpaired) electrons. The molecule has 3 aromatic carbocycles. The number of phenols is 2. The van der Waals surface area contributed by atoms with Gasteiger partial charge in [0.2, 0.25) is 0 Å². The van der Waals surface area contributed by atoms with Gasteiger partial charge in [0.05, 0.1) is 18.5 Å². The molecule has 5 heteroatoms. The minimum atomic E-state index is -0.288. The molecule has 0 amide bonds. The van der Waals surface area contributed by atoms with Crippen LogP contribution in [0.4, 0.5) is 0 Å². The molecule has 0 bridgehead atoms. The van der Waals surface area contributed by atoms with Gasteiger partial charge in [-0.1, -0.05) is 59.7 Å². The fraction of sp³-hybridized carbons (Fsp3) is 0.250. The normalized spacial score (nSPS) is 22.5. The van der Waals surface area contributed by atoms with Crippen LogP contribution in [0.3, 0.4) is 0 Å². The Morgan fingerprint density at radius 1 is 0.724 bits per heavy atom. The van der Waals surface area contributed by atoms with E-state index in [1.54, 1.807) is 12.1 Å². The summed E-state index contributed by atoms with van der Waals surface area (Å²) in [5.74, 6) is 0.106. The van der Waals surface area contributed by atoms with E-state index in [9.17, 15) is 10.2 Å². The molecule has 0 spiro atoms. The van der Waals surface area contributed by atoms with E-state index in [-0.39, 0.29) is 30.0 Å². The Hall–Kier alpha value is -2.86. The molecular weight excluding hydrogens is 362 g/mol. The molecule has 150 valence electrons. The smallest absolute Gasteiger partial charge is 0.125 e. The lowest BCUT2D eigenvalue weighted by molar-refractivity contribution is 0.0409. The number of rotatable bonds is 3. The number of benzene rings is 3. The van der Waals surface area contributed by atoms with Crippen LogP contribution in [0.25, 0.3) is 0 Å². The Morgan fingerprint density at radius 2 is 1.21 bits per heavy atom. The summed E-state index contributed by atoms with van der Waals surface area (Å²) in [5.41, 5.74) is 5.44. The lowest BCUT2D eigenvalue weighted by Gasteiger charge is -2.45. The SMILES string of the molecule is Cc1ccc(C2NC(c3ccc(O)cc3O)NC(c3ccc(C)cc3)N2C)cc1. The average molecular weight is 389 g/mol. The zero-order valence-corrected chi connectivity index (χ0v) is 16.9. The van der Waals surface area contributed by atoms with Crippen LogP contribution in [0.1, 0.15) is 46.3 Å². The van der Waals surface area contributed by atoms with E-state index >= 15 is 0 Å². The van der Waals surface area contributed by atoms with Gasteiger partial charge in [0.1, 0.15) is 11.5 Å². The number of hydrogen-bond acceptors (Lipinski definition) is 5. The number of nitrogens with zero attached hydrogens (tertiary/aromatic N) is 1. The molecule has 3 aromatic rings. The van der Waals surface area contributed by atoms with Crippen LogP contribution in [0.2, 0.25) is 0 Å². The highest BCUT2D eigenvalue weighted by molar-refractivity contribution is 5.41. The predicted molar refractivity (Wildman–Crippen MR) is 114 cm³/mol. The Labute approximate surface area is 171 Å². The highest BCUT2D eigenvalue weighted by atomic mass is 16.3. The maximum atomic E-state index is 10.4. The van der Waals surface area contributed by atoms with Gasteiger partial charge in [-0.3, -0.25) is 15.5 Å². The first-order valence-electron chi connectivity index (χ1n) is 9.81. The van der Waals surface area contributed by atoms with E-state index in [1.807, 2.05) is 0 Å². The number of nitrogens with one attached hydrogen (secondary N) is 2. The predicted octanol–water partition coefficient (Wildman–Crippen LogP) is 4.24. The molecule has 2 atom stereocenters. The van der Waals surface area contributed by atoms with Crippen molar-refractivity contribution in [1.29, 1.82) is 0 Å². The van der Waals surface area contributed by atoms with Crippen LogP contribution < -0.4 is 10.6 Å². The molecule has 5 nitrogen and oxygen atoms in total. The van der Waals surface area contributed by atoms with Crippen molar-refractivity contribution in [3.63, 3.8) is 0 Å². The Kier molecular flexibility index (Phi) is 5.28. The zero-order chi connectivity index (χ0) is 20.5. The second kappa shape index (κ2) is 7.87. The second-order valence-corrected chi connectivity index (χ2v) is 7.80. The third-order valence-corrected chi connectivity index (χ3v) is 5.57. The molecule has 4 rings (SSSR count). The van der Waals surface area contributed by atoms with Crippen LogP contribution in [0.5, 0.6) is 11.5 Å². The first kappa shape index (κ1) is 19.5. The maximum absolute atomic E-state index is 10.4. The second-order valence-electron chi connectivity index (χ2n) is 7.80. The highest BCUT2D eigenvalue weighted by Gasteiger charge is 2.35. The standard InChI is InChI=1S/C24H27N3O2/c1-15-4-8-17(9-5-15)23-25-22(20-13-12-19(28)14-21(20)29)26-24(27(23)3)18-10-6-16(2)7-11-18/h4-14,22-26,28-29H,1-3H3. The van der Waals surface area contributed by atoms with Crippen LogP contribution in [-0.2, 0) is 0 Å². The van der Waals surface area contributed by atoms with Gasteiger partial charge in [-0.25, -0.2) is 0 Å². The van der Waals surface area contributed by atoms with Gasteiger partial charge >= 0.3 is 0 Å². The highest BCUT2D eigenvalue weighted by Crippen LogP contribution is 2.37. The van der Waals surface area contributed by atoms with Gasteiger partial charge in [0.15, 0.2) is 0 Å². The summed E-state index contributed by atoms with van der Waals surface area (Å²) in [7, 11) is 2.09. The number of aryl methyl sites for hydroxylation is 2. The molecule has 1 heterocycles. The molecular formula is C24H27N3O2. The first-order chi connectivity index (χ1) is 13.9. The lowest BCUT2D eigenvalue weighted by atomic mass is 10.0. The first-order valence-corrected chi connectivity index (χ1v) is 9.81. The summed E-state index contributed by atoms with van der Waals surface area (Å²) in [6.07, 6.45) is -0.396. The zero-order valence-electron chi connectivity index (χ0n) is 16.9. The van der Waals surface area contributed by atoms with Gasteiger partial charge in [-0.2, -0.15) is 0 Å². The largest absolute Gasteiger partial charge is 0.508 e. The van der Waals surface area contributed by atoms with Crippen molar-refractivity contribution in [3.8, 4) is 11.5 Å². The van der Waals surface area contributed by atoms with Crippen molar-refractivity contribution >= 4 is 0 Å². The van der Waals surface area contributed by atoms with Crippen LogP contribution in [0, 0.1) is 13.8 Å². The molecule has 2 unspecified atom stereocenters. The van der Waals surface area contributed by atoms with E-state index in [0.29, 0.717) is 5.56 Å². The fourth-order valence-corrected chi connectivity index (χ4v) is 3.86. The Morgan fingerprint density at radius 3 is 1.66 bits per heavy atom. The molecule has 1 fully saturated rings. The lowest BCUT2D eigenvalue weighted by Crippen LogP contribution is -2.54. The van der Waals surface area contributed by atoms with E-state index < -0.39 is 0 Å². The number of aromatic hydroxyl groups is 2. The van der Waals surface area contributed by atoms with E-state index in [0.717, 1.165) is 11.1 Å². The summed E-state index contributed by atoms with van der Waals surface area (Å²) < 4.78 is 0. The average Bonchev–Trinajstić information content (AvgIpc) is 2.70. The minimum absolute atomic E-state index is 0.0457. The van der Waals surface area contributed by atoms with E-state index in [4.69, 9.17) is 0 Å². The van der Waals surface area contributed by atoms with Gasteiger partial charge < -0.3 is 10.2 Å². The molecule has 0 saturated carbocycles.